The molecule has 0 amide bonds. The zero-order valence-electron chi connectivity index (χ0n) is 28.9. The number of benzene rings is 8. The molecule has 12 rings (SSSR count). The van der Waals surface area contributed by atoms with Crippen LogP contribution in [0.25, 0.3) is 114 Å². The summed E-state index contributed by atoms with van der Waals surface area (Å²) >= 11 is 1.88. The fourth-order valence-electron chi connectivity index (χ4n) is 8.47. The lowest BCUT2D eigenvalue weighted by Crippen LogP contribution is -2.00. The molecule has 0 spiro atoms. The van der Waals surface area contributed by atoms with Crippen molar-refractivity contribution in [1.29, 1.82) is 0 Å². The molecule has 4 nitrogen and oxygen atoms in total. The number of fused-ring (bicyclic) bond motifs is 7. The Hall–Kier alpha value is -6.95. The van der Waals surface area contributed by atoms with Crippen molar-refractivity contribution in [2.45, 2.75) is 0 Å². The molecule has 0 saturated carbocycles. The summed E-state index contributed by atoms with van der Waals surface area (Å²) in [6, 6.07) is 60.7. The van der Waals surface area contributed by atoms with E-state index in [0.29, 0.717) is 17.5 Å². The maximum atomic E-state index is 5.21. The van der Waals surface area contributed by atoms with Gasteiger partial charge in [-0.3, -0.25) is 0 Å². The van der Waals surface area contributed by atoms with E-state index in [1.165, 1.54) is 63.5 Å². The molecule has 0 atom stereocenters. The number of thiophene rings is 1. The van der Waals surface area contributed by atoms with E-state index in [1.807, 2.05) is 29.5 Å². The zero-order valence-corrected chi connectivity index (χ0v) is 29.7. The highest BCUT2D eigenvalue weighted by atomic mass is 32.1. The Morgan fingerprint density at radius 3 is 1.85 bits per heavy atom. The summed E-state index contributed by atoms with van der Waals surface area (Å²) in [6.45, 7) is 0. The van der Waals surface area contributed by atoms with Crippen LogP contribution in [-0.4, -0.2) is 19.4 Å². The van der Waals surface area contributed by atoms with Crippen LogP contribution < -0.4 is 0 Å². The van der Waals surface area contributed by atoms with Crippen molar-refractivity contribution in [3.8, 4) is 45.3 Å². The van der Waals surface area contributed by atoms with Crippen molar-refractivity contribution in [2.24, 2.45) is 0 Å². The van der Waals surface area contributed by atoms with Crippen LogP contribution >= 0.6 is 11.3 Å². The third-order valence-electron chi connectivity index (χ3n) is 11.0. The van der Waals surface area contributed by atoms with Gasteiger partial charge in [0.05, 0.1) is 16.6 Å². The van der Waals surface area contributed by atoms with Gasteiger partial charge in [-0.25, -0.2) is 15.0 Å². The van der Waals surface area contributed by atoms with Gasteiger partial charge in [-0.2, -0.15) is 0 Å². The van der Waals surface area contributed by atoms with Gasteiger partial charge in [0.1, 0.15) is 0 Å². The van der Waals surface area contributed by atoms with Gasteiger partial charge in [0.2, 0.25) is 0 Å². The lowest BCUT2D eigenvalue weighted by Gasteiger charge is -2.10. The molecule has 4 heterocycles. The quantitative estimate of drug-likeness (QED) is 0.183. The van der Waals surface area contributed by atoms with Crippen LogP contribution in [0.1, 0.15) is 0 Å². The molecule has 250 valence electrons. The Bertz CT molecular complexity index is 3450. The van der Waals surface area contributed by atoms with E-state index in [4.69, 9.17) is 15.0 Å². The lowest BCUT2D eigenvalue weighted by molar-refractivity contribution is 1.07. The second-order valence-corrected chi connectivity index (χ2v) is 15.1. The lowest BCUT2D eigenvalue weighted by atomic mass is 9.99. The van der Waals surface area contributed by atoms with Crippen LogP contribution in [-0.2, 0) is 0 Å². The molecule has 8 aromatic carbocycles. The molecule has 0 aliphatic heterocycles. The van der Waals surface area contributed by atoms with E-state index >= 15 is 0 Å². The van der Waals surface area contributed by atoms with Crippen molar-refractivity contribution in [3.05, 3.63) is 170 Å². The van der Waals surface area contributed by atoms with Crippen molar-refractivity contribution < 1.29 is 0 Å². The first-order chi connectivity index (χ1) is 26.7. The van der Waals surface area contributed by atoms with E-state index in [-0.39, 0.29) is 0 Å². The van der Waals surface area contributed by atoms with Crippen molar-refractivity contribution >= 4 is 80.4 Å². The molecule has 5 heteroatoms. The van der Waals surface area contributed by atoms with Gasteiger partial charge in [-0.15, -0.1) is 11.3 Å². The van der Waals surface area contributed by atoms with Crippen LogP contribution in [0.4, 0.5) is 0 Å². The average Bonchev–Trinajstić information content (AvgIpc) is 3.75. The first-order valence-electron chi connectivity index (χ1n) is 18.2. The summed E-state index contributed by atoms with van der Waals surface area (Å²) < 4.78 is 5.10. The standard InChI is InChI=1S/C49H28N4S/c1-2-11-30(12-3-1)47-50-48(34-15-8-14-32(27-34)33-21-20-29-10-4-5-13-31(29)26-33)52-49(51-47)35-22-23-37-39-24-25-43-45-44-38(17-9-19-42(44)54-43)36-16-6-7-18-40(36)53(46(39)45)41(37)28-35/h1-28H. The van der Waals surface area contributed by atoms with Crippen LogP contribution in [0, 0.1) is 0 Å². The minimum atomic E-state index is 0.642. The van der Waals surface area contributed by atoms with Gasteiger partial charge in [0.25, 0.3) is 0 Å². The maximum Gasteiger partial charge on any atom is 0.164 e. The smallest absolute Gasteiger partial charge is 0.164 e. The highest BCUT2D eigenvalue weighted by Gasteiger charge is 2.21. The molecule has 0 unspecified atom stereocenters. The Labute approximate surface area is 313 Å². The zero-order chi connectivity index (χ0) is 35.3. The summed E-state index contributed by atoms with van der Waals surface area (Å²) in [6.07, 6.45) is 0. The van der Waals surface area contributed by atoms with E-state index in [0.717, 1.165) is 33.3 Å². The molecular formula is C49H28N4S. The summed E-state index contributed by atoms with van der Waals surface area (Å²) in [7, 11) is 0. The highest BCUT2D eigenvalue weighted by Crippen LogP contribution is 2.46. The van der Waals surface area contributed by atoms with E-state index in [2.05, 4.69) is 156 Å². The van der Waals surface area contributed by atoms with Crippen LogP contribution in [0.2, 0.25) is 0 Å². The van der Waals surface area contributed by atoms with Gasteiger partial charge in [-0.05, 0) is 63.7 Å². The normalized spacial score (nSPS) is 12.1. The van der Waals surface area contributed by atoms with Crippen molar-refractivity contribution in [1.82, 2.24) is 19.4 Å². The summed E-state index contributed by atoms with van der Waals surface area (Å²) in [5.41, 5.74) is 8.69. The van der Waals surface area contributed by atoms with Gasteiger partial charge in [0, 0.05) is 53.0 Å². The Morgan fingerprint density at radius 2 is 0.963 bits per heavy atom. The monoisotopic (exact) mass is 704 g/mol. The van der Waals surface area contributed by atoms with E-state index < -0.39 is 0 Å². The van der Waals surface area contributed by atoms with Crippen LogP contribution in [0.5, 0.6) is 0 Å². The molecule has 54 heavy (non-hydrogen) atoms. The number of hydrogen-bond donors (Lipinski definition) is 0. The molecule has 0 radical (unpaired) electrons. The van der Waals surface area contributed by atoms with Gasteiger partial charge < -0.3 is 4.40 Å². The molecule has 0 N–H and O–H groups in total. The fourth-order valence-corrected chi connectivity index (χ4v) is 9.61. The topological polar surface area (TPSA) is 43.1 Å². The van der Waals surface area contributed by atoms with Crippen LogP contribution in [0.3, 0.4) is 0 Å². The number of hydrogen-bond acceptors (Lipinski definition) is 4. The first kappa shape index (κ1) is 29.6. The summed E-state index contributed by atoms with van der Waals surface area (Å²) in [5.74, 6) is 1.93. The Balaban J connectivity index is 1.11. The number of aromatic nitrogens is 4. The second kappa shape index (κ2) is 11.3. The fraction of sp³-hybridized carbons (Fsp3) is 0. The largest absolute Gasteiger partial charge is 0.308 e. The molecule has 0 aliphatic rings. The summed E-state index contributed by atoms with van der Waals surface area (Å²) in [5, 5.41) is 10.1. The van der Waals surface area contributed by atoms with Gasteiger partial charge in [-0.1, -0.05) is 133 Å². The highest BCUT2D eigenvalue weighted by molar-refractivity contribution is 7.26. The molecule has 12 aromatic rings. The molecule has 4 aromatic heterocycles. The van der Waals surface area contributed by atoms with E-state index in [1.54, 1.807) is 0 Å². The molecule has 0 fully saturated rings. The molecule has 0 bridgehead atoms. The van der Waals surface area contributed by atoms with Crippen molar-refractivity contribution in [2.75, 3.05) is 0 Å². The molecule has 0 saturated heterocycles. The van der Waals surface area contributed by atoms with E-state index in [9.17, 15) is 0 Å². The predicted molar refractivity (Wildman–Crippen MR) is 227 cm³/mol. The molecular weight excluding hydrogens is 677 g/mol. The Morgan fingerprint density at radius 1 is 0.352 bits per heavy atom. The summed E-state index contributed by atoms with van der Waals surface area (Å²) in [4.78, 5) is 15.4. The number of nitrogens with zero attached hydrogens (tertiary/aromatic N) is 4. The number of rotatable bonds is 4. The minimum absolute atomic E-state index is 0.642. The van der Waals surface area contributed by atoms with Gasteiger partial charge >= 0.3 is 0 Å². The number of para-hydroxylation sites is 1. The third kappa shape index (κ3) is 4.33. The predicted octanol–water partition coefficient (Wildman–Crippen LogP) is 13.2. The maximum absolute atomic E-state index is 5.21. The SMILES string of the molecule is c1ccc(-c2nc(-c3cccc(-c4ccc5ccccc5c4)c3)nc(-c3ccc4c5ccc6sc7cccc8c9ccccc9n(c4c3)c5c6c78)n2)cc1. The first-order valence-corrected chi connectivity index (χ1v) is 19.0. The van der Waals surface area contributed by atoms with Gasteiger partial charge in [0.15, 0.2) is 17.5 Å². The second-order valence-electron chi connectivity index (χ2n) is 14.0. The minimum Gasteiger partial charge on any atom is -0.308 e. The Kier molecular flexibility index (Phi) is 6.18. The third-order valence-corrected chi connectivity index (χ3v) is 12.1. The van der Waals surface area contributed by atoms with Crippen molar-refractivity contribution in [3.63, 3.8) is 0 Å². The molecule has 0 aliphatic carbocycles. The van der Waals surface area contributed by atoms with Crippen LogP contribution in [0.15, 0.2) is 170 Å². The average molecular weight is 705 g/mol.